The van der Waals surface area contributed by atoms with Crippen LogP contribution in [0.5, 0.6) is 0 Å². The van der Waals surface area contributed by atoms with E-state index in [-0.39, 0.29) is 0 Å². The zero-order chi connectivity index (χ0) is 13.1. The van der Waals surface area contributed by atoms with E-state index in [0.717, 1.165) is 29.4 Å². The van der Waals surface area contributed by atoms with Crippen LogP contribution >= 0.6 is 11.6 Å². The van der Waals surface area contributed by atoms with Crippen molar-refractivity contribution in [3.63, 3.8) is 0 Å². The maximum Gasteiger partial charge on any atom is 0.136 e. The lowest BCUT2D eigenvalue weighted by Crippen LogP contribution is -2.17. The SMILES string of the molecule is CCc1c(C)nc(C2CCCC(CC)C2)nc1Cl. The fourth-order valence-electron chi connectivity index (χ4n) is 3.06. The molecular weight excluding hydrogens is 244 g/mol. The Labute approximate surface area is 115 Å². The van der Waals surface area contributed by atoms with Gasteiger partial charge in [-0.2, -0.15) is 0 Å². The largest absolute Gasteiger partial charge is 0.238 e. The first-order valence-corrected chi connectivity index (χ1v) is 7.56. The van der Waals surface area contributed by atoms with Crippen molar-refractivity contribution in [2.45, 2.75) is 65.2 Å². The third-order valence-corrected chi connectivity index (χ3v) is 4.57. The van der Waals surface area contributed by atoms with Crippen LogP contribution in [-0.2, 0) is 6.42 Å². The van der Waals surface area contributed by atoms with Crippen LogP contribution in [0.4, 0.5) is 0 Å². The second-order valence-corrected chi connectivity index (χ2v) is 5.79. The number of aryl methyl sites for hydroxylation is 1. The molecule has 2 rings (SSSR count). The van der Waals surface area contributed by atoms with Gasteiger partial charge in [-0.25, -0.2) is 9.97 Å². The van der Waals surface area contributed by atoms with Gasteiger partial charge in [-0.15, -0.1) is 0 Å². The third kappa shape index (κ3) is 2.85. The summed E-state index contributed by atoms with van der Waals surface area (Å²) in [6.07, 6.45) is 7.31. The molecule has 1 heterocycles. The van der Waals surface area contributed by atoms with Crippen LogP contribution in [0.15, 0.2) is 0 Å². The van der Waals surface area contributed by atoms with E-state index in [1.54, 1.807) is 0 Å². The molecule has 1 aromatic heterocycles. The Kier molecular flexibility index (Phi) is 4.60. The van der Waals surface area contributed by atoms with E-state index in [9.17, 15) is 0 Å². The van der Waals surface area contributed by atoms with Gasteiger partial charge in [0.15, 0.2) is 0 Å². The Morgan fingerprint density at radius 1 is 1.22 bits per heavy atom. The monoisotopic (exact) mass is 266 g/mol. The van der Waals surface area contributed by atoms with Crippen molar-refractivity contribution in [3.05, 3.63) is 22.2 Å². The Bertz CT molecular complexity index is 394. The average molecular weight is 267 g/mol. The van der Waals surface area contributed by atoms with Crippen LogP contribution in [0.3, 0.4) is 0 Å². The minimum Gasteiger partial charge on any atom is -0.238 e. The van der Waals surface area contributed by atoms with Gasteiger partial charge in [0, 0.05) is 17.2 Å². The number of hydrogen-bond acceptors (Lipinski definition) is 2. The summed E-state index contributed by atoms with van der Waals surface area (Å²) < 4.78 is 0. The number of aromatic nitrogens is 2. The Hall–Kier alpha value is -0.630. The van der Waals surface area contributed by atoms with Gasteiger partial charge in [-0.05, 0) is 32.1 Å². The highest BCUT2D eigenvalue weighted by molar-refractivity contribution is 6.30. The summed E-state index contributed by atoms with van der Waals surface area (Å²) in [5.74, 6) is 2.34. The molecule has 2 atom stereocenters. The molecule has 1 fully saturated rings. The fraction of sp³-hybridized carbons (Fsp3) is 0.733. The molecule has 2 unspecified atom stereocenters. The zero-order valence-electron chi connectivity index (χ0n) is 11.7. The lowest BCUT2D eigenvalue weighted by atomic mass is 9.80. The fourth-order valence-corrected chi connectivity index (χ4v) is 3.42. The average Bonchev–Trinajstić information content (AvgIpc) is 2.38. The van der Waals surface area contributed by atoms with Crippen molar-refractivity contribution in [3.8, 4) is 0 Å². The lowest BCUT2D eigenvalue weighted by Gasteiger charge is -2.27. The molecule has 0 aromatic carbocycles. The molecule has 2 nitrogen and oxygen atoms in total. The smallest absolute Gasteiger partial charge is 0.136 e. The summed E-state index contributed by atoms with van der Waals surface area (Å²) in [7, 11) is 0. The van der Waals surface area contributed by atoms with Gasteiger partial charge in [0.05, 0.1) is 0 Å². The van der Waals surface area contributed by atoms with Crippen LogP contribution < -0.4 is 0 Å². The number of rotatable bonds is 3. The quantitative estimate of drug-likeness (QED) is 0.742. The first kappa shape index (κ1) is 13.8. The molecule has 1 aliphatic rings. The summed E-state index contributed by atoms with van der Waals surface area (Å²) in [5, 5.41) is 0.665. The van der Waals surface area contributed by atoms with Crippen LogP contribution in [-0.4, -0.2) is 9.97 Å². The molecule has 0 saturated heterocycles. The van der Waals surface area contributed by atoms with Crippen LogP contribution in [0.25, 0.3) is 0 Å². The number of halogens is 1. The van der Waals surface area contributed by atoms with Gasteiger partial charge in [0.25, 0.3) is 0 Å². The Morgan fingerprint density at radius 3 is 2.61 bits per heavy atom. The van der Waals surface area contributed by atoms with Crippen LogP contribution in [0.2, 0.25) is 5.15 Å². The topological polar surface area (TPSA) is 25.8 Å². The molecule has 18 heavy (non-hydrogen) atoms. The van der Waals surface area contributed by atoms with E-state index in [4.69, 9.17) is 16.6 Å². The lowest BCUT2D eigenvalue weighted by molar-refractivity contribution is 0.307. The van der Waals surface area contributed by atoms with Gasteiger partial charge in [0.1, 0.15) is 11.0 Å². The number of hydrogen-bond donors (Lipinski definition) is 0. The van der Waals surface area contributed by atoms with Crippen molar-refractivity contribution in [2.75, 3.05) is 0 Å². The van der Waals surface area contributed by atoms with E-state index in [1.807, 2.05) is 0 Å². The van der Waals surface area contributed by atoms with E-state index in [0.29, 0.717) is 11.1 Å². The van der Waals surface area contributed by atoms with Crippen LogP contribution in [0.1, 0.15) is 69.0 Å². The molecule has 0 aliphatic heterocycles. The van der Waals surface area contributed by atoms with Crippen molar-refractivity contribution < 1.29 is 0 Å². The van der Waals surface area contributed by atoms with Crippen molar-refractivity contribution in [1.29, 1.82) is 0 Å². The van der Waals surface area contributed by atoms with Gasteiger partial charge in [-0.3, -0.25) is 0 Å². The summed E-state index contributed by atoms with van der Waals surface area (Å²) in [6, 6.07) is 0. The molecule has 1 aromatic rings. The van der Waals surface area contributed by atoms with Crippen molar-refractivity contribution >= 4 is 11.6 Å². The van der Waals surface area contributed by atoms with Gasteiger partial charge >= 0.3 is 0 Å². The van der Waals surface area contributed by atoms with Crippen LogP contribution in [0, 0.1) is 12.8 Å². The summed E-state index contributed by atoms with van der Waals surface area (Å²) in [6.45, 7) is 6.44. The predicted molar refractivity (Wildman–Crippen MR) is 76.1 cm³/mol. The minimum absolute atomic E-state index is 0.519. The molecule has 1 aliphatic carbocycles. The third-order valence-electron chi connectivity index (χ3n) is 4.26. The summed E-state index contributed by atoms with van der Waals surface area (Å²) in [5.41, 5.74) is 2.16. The number of nitrogens with zero attached hydrogens (tertiary/aromatic N) is 2. The minimum atomic E-state index is 0.519. The molecule has 3 heteroatoms. The standard InChI is InChI=1S/C15H23ClN2/c1-4-11-7-6-8-12(9-11)15-17-10(3)13(5-2)14(16)18-15/h11-12H,4-9H2,1-3H3. The maximum atomic E-state index is 6.27. The molecular formula is C15H23ClN2. The first-order valence-electron chi connectivity index (χ1n) is 7.18. The van der Waals surface area contributed by atoms with Gasteiger partial charge in [-0.1, -0.05) is 44.7 Å². The highest BCUT2D eigenvalue weighted by atomic mass is 35.5. The highest BCUT2D eigenvalue weighted by Gasteiger charge is 2.25. The first-order chi connectivity index (χ1) is 8.65. The predicted octanol–water partition coefficient (Wildman–Crippen LogP) is 4.68. The molecule has 0 amide bonds. The molecule has 1 saturated carbocycles. The molecule has 0 bridgehead atoms. The second kappa shape index (κ2) is 6.01. The summed E-state index contributed by atoms with van der Waals surface area (Å²) in [4.78, 5) is 9.25. The van der Waals surface area contributed by atoms with E-state index < -0.39 is 0 Å². The van der Waals surface area contributed by atoms with E-state index in [2.05, 4.69) is 25.8 Å². The molecule has 100 valence electrons. The van der Waals surface area contributed by atoms with Crippen molar-refractivity contribution in [2.24, 2.45) is 5.92 Å². The van der Waals surface area contributed by atoms with E-state index in [1.165, 1.54) is 32.1 Å². The molecule has 0 spiro atoms. The van der Waals surface area contributed by atoms with Gasteiger partial charge in [0.2, 0.25) is 0 Å². The Balaban J connectivity index is 2.23. The molecule has 0 radical (unpaired) electrons. The Morgan fingerprint density at radius 2 is 2.00 bits per heavy atom. The summed E-state index contributed by atoms with van der Waals surface area (Å²) >= 11 is 6.27. The van der Waals surface area contributed by atoms with E-state index >= 15 is 0 Å². The zero-order valence-corrected chi connectivity index (χ0v) is 12.4. The molecule has 0 N–H and O–H groups in total. The normalized spacial score (nSPS) is 24.2. The van der Waals surface area contributed by atoms with Crippen molar-refractivity contribution in [1.82, 2.24) is 9.97 Å². The second-order valence-electron chi connectivity index (χ2n) is 5.43. The highest BCUT2D eigenvalue weighted by Crippen LogP contribution is 2.36. The maximum absolute atomic E-state index is 6.27. The van der Waals surface area contributed by atoms with Gasteiger partial charge < -0.3 is 0 Å².